The van der Waals surface area contributed by atoms with Gasteiger partial charge in [-0.05, 0) is 0 Å². The predicted octanol–water partition coefficient (Wildman–Crippen LogP) is -0.969. The van der Waals surface area contributed by atoms with Crippen molar-refractivity contribution in [3.63, 3.8) is 0 Å². The van der Waals surface area contributed by atoms with Gasteiger partial charge in [0.05, 0.1) is 0 Å². The summed E-state index contributed by atoms with van der Waals surface area (Å²) in [4.78, 5) is 3.44. The second-order valence-corrected chi connectivity index (χ2v) is 1.76. The first-order valence-electron chi connectivity index (χ1n) is 2.14. The Balaban J connectivity index is -0.000000125. The van der Waals surface area contributed by atoms with E-state index in [1.54, 1.807) is 0 Å². The summed E-state index contributed by atoms with van der Waals surface area (Å²) in [5.74, 6) is 0.606. The lowest BCUT2D eigenvalue weighted by molar-refractivity contribution is -0.00000168. The van der Waals surface area contributed by atoms with Crippen molar-refractivity contribution >= 4 is 12.4 Å². The Morgan fingerprint density at radius 1 is 1.50 bits per heavy atom. The number of nitrogens with zero attached hydrogens (tertiary/aromatic N) is 1. The van der Waals surface area contributed by atoms with Crippen LogP contribution in [0.2, 0.25) is 0 Å². The average Bonchev–Trinajstić information content (AvgIpc) is 1.35. The van der Waals surface area contributed by atoms with E-state index in [-0.39, 0.29) is 24.8 Å². The van der Waals surface area contributed by atoms with Crippen molar-refractivity contribution < 1.29 is 12.4 Å². The molecule has 0 heterocycles. The quantitative estimate of drug-likeness (QED) is 0.460. The Kier molecular flexibility index (Phi) is 19.9. The third-order valence-corrected chi connectivity index (χ3v) is 0.471. The van der Waals surface area contributed by atoms with Crippen LogP contribution in [0.15, 0.2) is 0 Å². The van der Waals surface area contributed by atoms with Crippen LogP contribution in [-0.2, 0) is 0 Å². The van der Waals surface area contributed by atoms with Gasteiger partial charge in [0.2, 0.25) is 0 Å². The van der Waals surface area contributed by atoms with Gasteiger partial charge in [0.1, 0.15) is 0 Å². The fourth-order valence-corrected chi connectivity index (χ4v) is 0.211. The maximum atomic E-state index is 4.85. The second kappa shape index (κ2) is 10.1. The summed E-state index contributed by atoms with van der Waals surface area (Å²) >= 11 is 0. The van der Waals surface area contributed by atoms with E-state index in [0.717, 1.165) is 6.54 Å². The first-order valence-corrected chi connectivity index (χ1v) is 2.14. The molecule has 0 aromatic rings. The molecule has 0 aliphatic carbocycles. The molecule has 0 amide bonds. The van der Waals surface area contributed by atoms with Gasteiger partial charge < -0.3 is 12.4 Å². The first-order chi connectivity index (χ1) is 2.77. The Morgan fingerprint density at radius 2 is 1.88 bits per heavy atom. The maximum Gasteiger partial charge on any atom is 0.265 e. The molecule has 0 atom stereocenters. The summed E-state index contributed by atoms with van der Waals surface area (Å²) in [7, 11) is 0. The number of halogens is 2. The van der Waals surface area contributed by atoms with E-state index in [1.165, 1.54) is 0 Å². The number of hydrogen-bond donors (Lipinski definition) is 0. The van der Waals surface area contributed by atoms with E-state index in [0.29, 0.717) is 5.92 Å². The Bertz CT molecular complexity index is 65.3. The van der Waals surface area contributed by atoms with Gasteiger partial charge in [0.25, 0.3) is 13.1 Å². The van der Waals surface area contributed by atoms with Gasteiger partial charge in [0, 0.05) is 5.92 Å². The normalized spacial score (nSPS) is 6.25. The van der Waals surface area contributed by atoms with Crippen molar-refractivity contribution in [3.8, 4) is 6.57 Å². The minimum Gasteiger partial charge on any atom is -1.00 e. The molecular weight excluding hydrogens is 145 g/mol. The summed E-state index contributed by atoms with van der Waals surface area (Å²) < 4.78 is 0. The van der Waals surface area contributed by atoms with Gasteiger partial charge in [-0.15, -0.1) is 12.4 Å². The molecule has 1 nitrogen and oxygen atoms in total. The lowest BCUT2D eigenvalue weighted by Gasteiger charge is -1.81. The molecule has 0 aromatic heterocycles. The van der Waals surface area contributed by atoms with Crippen LogP contribution in [0.5, 0.6) is 0 Å². The molecule has 3 heteroatoms. The molecule has 0 spiro atoms. The van der Waals surface area contributed by atoms with Gasteiger partial charge >= 0.3 is 0 Å². The van der Waals surface area contributed by atoms with Gasteiger partial charge in [-0.2, -0.15) is 0 Å². The number of rotatable bonds is 1. The molecule has 0 aliphatic heterocycles. The molecule has 0 rings (SSSR count). The van der Waals surface area contributed by atoms with Crippen molar-refractivity contribution in [2.24, 2.45) is 5.92 Å². The van der Waals surface area contributed by atoms with Crippen molar-refractivity contribution in [1.29, 1.82) is 0 Å². The lowest BCUT2D eigenvalue weighted by Crippen LogP contribution is -3.00. The lowest BCUT2D eigenvalue weighted by atomic mass is 10.2. The zero-order chi connectivity index (χ0) is 4.99. The van der Waals surface area contributed by atoms with Crippen LogP contribution in [-0.4, -0.2) is 6.54 Å². The van der Waals surface area contributed by atoms with Crippen LogP contribution in [0.4, 0.5) is 0 Å². The van der Waals surface area contributed by atoms with Crippen molar-refractivity contribution in [2.75, 3.05) is 6.54 Å². The molecule has 0 saturated heterocycles. The minimum absolute atomic E-state index is 0. The summed E-state index contributed by atoms with van der Waals surface area (Å²) in [6.45, 7) is 9.79. The highest BCUT2D eigenvalue weighted by atomic mass is 35.5. The van der Waals surface area contributed by atoms with Gasteiger partial charge in [-0.3, -0.25) is 0 Å². The van der Waals surface area contributed by atoms with Crippen LogP contribution in [0.3, 0.4) is 0 Å². The van der Waals surface area contributed by atoms with E-state index in [9.17, 15) is 0 Å². The zero-order valence-corrected chi connectivity index (χ0v) is 6.67. The molecule has 50 valence electrons. The van der Waals surface area contributed by atoms with Gasteiger partial charge in [0.15, 0.2) is 0 Å². The van der Waals surface area contributed by atoms with E-state index in [1.807, 2.05) is 0 Å². The molecule has 0 unspecified atom stereocenters. The highest BCUT2D eigenvalue weighted by Crippen LogP contribution is 1.88. The first kappa shape index (κ1) is 15.7. The zero-order valence-electron chi connectivity index (χ0n) is 5.10. The Labute approximate surface area is 63.1 Å². The average molecular weight is 156 g/mol. The Hall–Kier alpha value is 0.0700. The summed E-state index contributed by atoms with van der Waals surface area (Å²) in [5, 5.41) is 0. The third kappa shape index (κ3) is 16.6. The molecule has 0 saturated carbocycles. The highest BCUT2D eigenvalue weighted by Gasteiger charge is 1.93. The van der Waals surface area contributed by atoms with Crippen molar-refractivity contribution in [1.82, 2.24) is 0 Å². The van der Waals surface area contributed by atoms with Crippen molar-refractivity contribution in [3.05, 3.63) is 4.85 Å². The van der Waals surface area contributed by atoms with Crippen LogP contribution < -0.4 is 12.4 Å². The smallest absolute Gasteiger partial charge is 0.265 e. The van der Waals surface area contributed by atoms with E-state index < -0.39 is 0 Å². The maximum absolute atomic E-state index is 4.85. The third-order valence-electron chi connectivity index (χ3n) is 0.471. The fraction of sp³-hybridized carbons (Fsp3) is 0.800. The molecule has 0 radical (unpaired) electrons. The topological polar surface area (TPSA) is 4.36 Å². The van der Waals surface area contributed by atoms with E-state index in [2.05, 4.69) is 18.7 Å². The van der Waals surface area contributed by atoms with Crippen LogP contribution >= 0.6 is 12.4 Å². The summed E-state index contributed by atoms with van der Waals surface area (Å²) in [6, 6.07) is 0. The molecule has 8 heavy (non-hydrogen) atoms. The minimum atomic E-state index is 0. The van der Waals surface area contributed by atoms with Gasteiger partial charge in [-0.1, -0.05) is 18.7 Å². The van der Waals surface area contributed by atoms with Crippen molar-refractivity contribution in [2.45, 2.75) is 13.8 Å². The Morgan fingerprint density at radius 3 is 1.88 bits per heavy atom. The molecular formula is C5H11Cl2N. The number of hydrogen-bond acceptors (Lipinski definition) is 0. The standard InChI is InChI=1S/C5H10N.2ClH/c1-5(2)4-6-3;;/h3,5H,4H2,1-2H3;2*1H/q+1;;/p-1. The summed E-state index contributed by atoms with van der Waals surface area (Å²) in [6.07, 6.45) is 0. The fourth-order valence-electron chi connectivity index (χ4n) is 0.211. The van der Waals surface area contributed by atoms with Crippen LogP contribution in [0.1, 0.15) is 13.8 Å². The monoisotopic (exact) mass is 155 g/mol. The molecule has 0 N–H and O–H groups in total. The molecule has 0 aliphatic rings. The highest BCUT2D eigenvalue weighted by molar-refractivity contribution is 5.85. The SMILES string of the molecule is C#[N+]CC(C)C.Cl.[Cl-]. The van der Waals surface area contributed by atoms with Gasteiger partial charge in [-0.25, -0.2) is 0 Å². The molecule has 0 aromatic carbocycles. The molecule has 0 fully saturated rings. The van der Waals surface area contributed by atoms with Crippen LogP contribution in [0, 0.1) is 12.5 Å². The summed E-state index contributed by atoms with van der Waals surface area (Å²) in [5.41, 5.74) is 0. The van der Waals surface area contributed by atoms with E-state index in [4.69, 9.17) is 6.57 Å². The largest absolute Gasteiger partial charge is 1.00 e. The van der Waals surface area contributed by atoms with Crippen LogP contribution in [0.25, 0.3) is 4.85 Å². The second-order valence-electron chi connectivity index (χ2n) is 1.76. The predicted molar refractivity (Wildman–Crippen MR) is 35.3 cm³/mol. The molecule has 0 bridgehead atoms. The van der Waals surface area contributed by atoms with E-state index >= 15 is 0 Å².